The van der Waals surface area contributed by atoms with Crippen LogP contribution in [0.1, 0.15) is 22.5 Å². The molecular formula is C16H16ClF3N4O2. The predicted octanol–water partition coefficient (Wildman–Crippen LogP) is 3.66. The first kappa shape index (κ1) is 19.9. The first-order valence-corrected chi connectivity index (χ1v) is 7.92. The number of anilines is 2. The second-order valence-electron chi connectivity index (χ2n) is 5.21. The van der Waals surface area contributed by atoms with E-state index in [0.29, 0.717) is 19.6 Å². The van der Waals surface area contributed by atoms with E-state index in [0.717, 1.165) is 12.1 Å². The van der Waals surface area contributed by atoms with Crippen LogP contribution in [0.5, 0.6) is 0 Å². The molecule has 0 aliphatic carbocycles. The van der Waals surface area contributed by atoms with Crippen LogP contribution in [-0.4, -0.2) is 36.1 Å². The molecule has 26 heavy (non-hydrogen) atoms. The Bertz CT molecular complexity index is 754. The molecular weight excluding hydrogens is 373 g/mol. The maximum atomic E-state index is 12.9. The minimum Gasteiger partial charge on any atom is -0.385 e. The molecule has 0 atom stereocenters. The molecule has 0 aliphatic heterocycles. The zero-order valence-corrected chi connectivity index (χ0v) is 14.5. The van der Waals surface area contributed by atoms with Crippen LogP contribution in [0.25, 0.3) is 0 Å². The van der Waals surface area contributed by atoms with Crippen molar-refractivity contribution in [3.05, 3.63) is 46.9 Å². The molecule has 1 aromatic carbocycles. The topological polar surface area (TPSA) is 76.1 Å². The van der Waals surface area contributed by atoms with E-state index in [2.05, 4.69) is 20.6 Å². The third-order valence-corrected chi connectivity index (χ3v) is 3.57. The average Bonchev–Trinajstić information content (AvgIpc) is 2.60. The number of carbonyl (C=O) groups is 1. The summed E-state index contributed by atoms with van der Waals surface area (Å²) in [5, 5.41) is 4.95. The van der Waals surface area contributed by atoms with Crippen molar-refractivity contribution >= 4 is 29.0 Å². The molecule has 0 radical (unpaired) electrons. The Balaban J connectivity index is 2.02. The molecule has 0 bridgehead atoms. The van der Waals surface area contributed by atoms with E-state index in [1.165, 1.54) is 18.5 Å². The monoisotopic (exact) mass is 388 g/mol. The van der Waals surface area contributed by atoms with Crippen LogP contribution in [0.4, 0.5) is 24.7 Å². The van der Waals surface area contributed by atoms with Crippen molar-refractivity contribution in [1.29, 1.82) is 0 Å². The normalized spacial score (nSPS) is 11.3. The molecule has 1 aromatic heterocycles. The fraction of sp³-hybridized carbons (Fsp3) is 0.312. The van der Waals surface area contributed by atoms with Gasteiger partial charge in [0, 0.05) is 25.9 Å². The SMILES string of the molecule is COCCCNC(=O)c1cnc(Nc2ccc(Cl)c(C(F)(F)F)c2)cn1. The van der Waals surface area contributed by atoms with E-state index >= 15 is 0 Å². The molecule has 1 heterocycles. The number of rotatable bonds is 7. The number of halogens is 4. The second-order valence-corrected chi connectivity index (χ2v) is 5.61. The number of nitrogens with zero attached hydrogens (tertiary/aromatic N) is 2. The molecule has 1 amide bonds. The first-order valence-electron chi connectivity index (χ1n) is 7.54. The van der Waals surface area contributed by atoms with Crippen LogP contribution >= 0.6 is 11.6 Å². The molecule has 140 valence electrons. The van der Waals surface area contributed by atoms with Crippen molar-refractivity contribution in [2.75, 3.05) is 25.6 Å². The number of benzene rings is 1. The molecule has 2 N–H and O–H groups in total. The molecule has 0 spiro atoms. The van der Waals surface area contributed by atoms with Gasteiger partial charge in [-0.3, -0.25) is 4.79 Å². The van der Waals surface area contributed by atoms with E-state index < -0.39 is 22.7 Å². The standard InChI is InChI=1S/C16H16ClF3N4O2/c1-26-6-2-5-21-15(25)13-8-23-14(9-22-13)24-10-3-4-12(17)11(7-10)16(18,19)20/h3-4,7-9H,2,5-6H2,1H3,(H,21,25)(H,23,24). The van der Waals surface area contributed by atoms with Gasteiger partial charge in [0.25, 0.3) is 5.91 Å². The van der Waals surface area contributed by atoms with Gasteiger partial charge in [0.15, 0.2) is 0 Å². The Morgan fingerprint density at radius 3 is 2.65 bits per heavy atom. The zero-order valence-electron chi connectivity index (χ0n) is 13.7. The lowest BCUT2D eigenvalue weighted by Crippen LogP contribution is -2.26. The van der Waals surface area contributed by atoms with Crippen molar-refractivity contribution in [3.8, 4) is 0 Å². The lowest BCUT2D eigenvalue weighted by atomic mass is 10.2. The molecule has 0 saturated carbocycles. The Hall–Kier alpha value is -2.39. The van der Waals surface area contributed by atoms with Gasteiger partial charge in [-0.1, -0.05) is 11.6 Å². The van der Waals surface area contributed by atoms with Crippen LogP contribution < -0.4 is 10.6 Å². The summed E-state index contributed by atoms with van der Waals surface area (Å²) in [6, 6.07) is 3.40. The van der Waals surface area contributed by atoms with Crippen molar-refractivity contribution in [3.63, 3.8) is 0 Å². The highest BCUT2D eigenvalue weighted by molar-refractivity contribution is 6.31. The number of amides is 1. The molecule has 0 fully saturated rings. The van der Waals surface area contributed by atoms with Crippen LogP contribution in [0.3, 0.4) is 0 Å². The van der Waals surface area contributed by atoms with Crippen LogP contribution in [-0.2, 0) is 10.9 Å². The van der Waals surface area contributed by atoms with Gasteiger partial charge in [-0.25, -0.2) is 9.97 Å². The quantitative estimate of drug-likeness (QED) is 0.708. The molecule has 0 saturated heterocycles. The Kier molecular flexibility index (Phi) is 6.76. The summed E-state index contributed by atoms with van der Waals surface area (Å²) >= 11 is 5.57. The van der Waals surface area contributed by atoms with Crippen LogP contribution in [0.2, 0.25) is 5.02 Å². The van der Waals surface area contributed by atoms with E-state index in [-0.39, 0.29) is 17.2 Å². The lowest BCUT2D eigenvalue weighted by molar-refractivity contribution is -0.137. The number of carbonyl (C=O) groups excluding carboxylic acids is 1. The Labute approximate surface area is 152 Å². The van der Waals surface area contributed by atoms with Crippen molar-refractivity contribution < 1.29 is 22.7 Å². The van der Waals surface area contributed by atoms with Gasteiger partial charge in [0.2, 0.25) is 0 Å². The largest absolute Gasteiger partial charge is 0.417 e. The van der Waals surface area contributed by atoms with Gasteiger partial charge < -0.3 is 15.4 Å². The highest BCUT2D eigenvalue weighted by Crippen LogP contribution is 2.36. The fourth-order valence-corrected chi connectivity index (χ4v) is 2.21. The maximum absolute atomic E-state index is 12.9. The smallest absolute Gasteiger partial charge is 0.385 e. The van der Waals surface area contributed by atoms with E-state index in [1.54, 1.807) is 7.11 Å². The van der Waals surface area contributed by atoms with Gasteiger partial charge in [0.05, 0.1) is 23.0 Å². The minimum absolute atomic E-state index is 0.0973. The van der Waals surface area contributed by atoms with Crippen LogP contribution in [0.15, 0.2) is 30.6 Å². The summed E-state index contributed by atoms with van der Waals surface area (Å²) in [5.74, 6) is -0.206. The van der Waals surface area contributed by atoms with Gasteiger partial charge >= 0.3 is 6.18 Å². The second kappa shape index (κ2) is 8.81. The lowest BCUT2D eigenvalue weighted by Gasteiger charge is -2.12. The number of hydrogen-bond donors (Lipinski definition) is 2. The number of methoxy groups -OCH3 is 1. The molecule has 2 rings (SSSR count). The van der Waals surface area contributed by atoms with Gasteiger partial charge in [-0.05, 0) is 24.6 Å². The fourth-order valence-electron chi connectivity index (χ4n) is 1.99. The Morgan fingerprint density at radius 2 is 2.04 bits per heavy atom. The number of nitrogens with one attached hydrogen (secondary N) is 2. The third kappa shape index (κ3) is 5.57. The summed E-state index contributed by atoms with van der Waals surface area (Å²) in [6.07, 6.45) is -1.42. The highest BCUT2D eigenvalue weighted by atomic mass is 35.5. The number of ether oxygens (including phenoxy) is 1. The van der Waals surface area contributed by atoms with Crippen molar-refractivity contribution in [2.24, 2.45) is 0 Å². The van der Waals surface area contributed by atoms with Crippen molar-refractivity contribution in [2.45, 2.75) is 12.6 Å². The molecule has 6 nitrogen and oxygen atoms in total. The first-order chi connectivity index (χ1) is 12.3. The summed E-state index contributed by atoms with van der Waals surface area (Å²) in [7, 11) is 1.57. The maximum Gasteiger partial charge on any atom is 0.417 e. The Morgan fingerprint density at radius 1 is 1.27 bits per heavy atom. The highest BCUT2D eigenvalue weighted by Gasteiger charge is 2.33. The van der Waals surface area contributed by atoms with E-state index in [1.807, 2.05) is 0 Å². The molecule has 0 aliphatic rings. The minimum atomic E-state index is -4.56. The number of aromatic nitrogens is 2. The number of alkyl halides is 3. The summed E-state index contributed by atoms with van der Waals surface area (Å²) in [4.78, 5) is 19.8. The van der Waals surface area contributed by atoms with Gasteiger partial charge in [-0.2, -0.15) is 13.2 Å². The van der Waals surface area contributed by atoms with Gasteiger partial charge in [-0.15, -0.1) is 0 Å². The van der Waals surface area contributed by atoms with E-state index in [9.17, 15) is 18.0 Å². The average molecular weight is 389 g/mol. The van der Waals surface area contributed by atoms with Crippen LogP contribution in [0, 0.1) is 0 Å². The third-order valence-electron chi connectivity index (χ3n) is 3.24. The summed E-state index contributed by atoms with van der Waals surface area (Å²) < 4.78 is 43.5. The zero-order chi connectivity index (χ0) is 19.2. The predicted molar refractivity (Wildman–Crippen MR) is 90.6 cm³/mol. The van der Waals surface area contributed by atoms with E-state index in [4.69, 9.17) is 16.3 Å². The molecule has 10 heteroatoms. The molecule has 2 aromatic rings. The number of hydrogen-bond acceptors (Lipinski definition) is 5. The summed E-state index contributed by atoms with van der Waals surface area (Å²) in [5.41, 5.74) is -0.711. The summed E-state index contributed by atoms with van der Waals surface area (Å²) in [6.45, 7) is 0.954. The molecule has 0 unspecified atom stereocenters. The van der Waals surface area contributed by atoms with Crippen molar-refractivity contribution in [1.82, 2.24) is 15.3 Å². The van der Waals surface area contributed by atoms with Gasteiger partial charge in [0.1, 0.15) is 11.5 Å².